The van der Waals surface area contributed by atoms with Gasteiger partial charge in [-0.2, -0.15) is 0 Å². The monoisotopic (exact) mass is 313 g/mol. The third kappa shape index (κ3) is 4.23. The molecule has 2 N–H and O–H groups in total. The number of hydrogen-bond acceptors (Lipinski definition) is 2. The molecule has 0 spiro atoms. The van der Waals surface area contributed by atoms with Crippen molar-refractivity contribution in [2.75, 3.05) is 13.2 Å². The second-order valence-electron chi connectivity index (χ2n) is 5.19. The molecule has 0 atom stereocenters. The molecule has 1 saturated carbocycles. The van der Waals surface area contributed by atoms with Crippen molar-refractivity contribution in [2.24, 2.45) is 5.41 Å². The highest BCUT2D eigenvalue weighted by Crippen LogP contribution is 2.47. The first-order valence-corrected chi connectivity index (χ1v) is 7.32. The van der Waals surface area contributed by atoms with Gasteiger partial charge in [0.15, 0.2) is 0 Å². The number of carbonyl (C=O) groups is 1. The van der Waals surface area contributed by atoms with Crippen molar-refractivity contribution in [3.63, 3.8) is 0 Å². The van der Waals surface area contributed by atoms with Crippen LogP contribution in [-0.4, -0.2) is 24.2 Å². The minimum atomic E-state index is -0.162. The Hall–Kier alpha value is -1.03. The molecule has 0 bridgehead atoms. The van der Waals surface area contributed by atoms with Gasteiger partial charge in [-0.25, -0.2) is 0 Å². The van der Waals surface area contributed by atoms with Crippen LogP contribution in [0.3, 0.4) is 0 Å². The highest BCUT2D eigenvalue weighted by atomic mass is 35.5. The molecule has 3 nitrogen and oxygen atoms in total. The van der Waals surface area contributed by atoms with Gasteiger partial charge in [0.2, 0.25) is 5.91 Å². The highest BCUT2D eigenvalue weighted by Gasteiger charge is 2.41. The maximum absolute atomic E-state index is 11.8. The first-order chi connectivity index (χ1) is 9.54. The molecular formula is C15H17Cl2NO2. The van der Waals surface area contributed by atoms with Crippen LogP contribution < -0.4 is 5.32 Å². The van der Waals surface area contributed by atoms with Crippen LogP contribution in [0.1, 0.15) is 24.8 Å². The van der Waals surface area contributed by atoms with E-state index in [1.54, 1.807) is 24.3 Å². The maximum atomic E-state index is 11.8. The van der Waals surface area contributed by atoms with Crippen LogP contribution in [0.2, 0.25) is 10.0 Å². The van der Waals surface area contributed by atoms with E-state index < -0.39 is 0 Å². The Morgan fingerprint density at radius 1 is 1.40 bits per heavy atom. The molecule has 0 saturated heterocycles. The second kappa shape index (κ2) is 6.61. The van der Waals surface area contributed by atoms with E-state index in [1.165, 1.54) is 6.08 Å². The van der Waals surface area contributed by atoms with Crippen LogP contribution in [-0.2, 0) is 4.79 Å². The summed E-state index contributed by atoms with van der Waals surface area (Å²) in [6.07, 6.45) is 5.98. The number of rotatable bonds is 6. The van der Waals surface area contributed by atoms with Gasteiger partial charge in [-0.15, -0.1) is 0 Å². The summed E-state index contributed by atoms with van der Waals surface area (Å²) in [7, 11) is 0. The number of hydrogen-bond donors (Lipinski definition) is 2. The molecule has 1 aliphatic carbocycles. The average molecular weight is 314 g/mol. The molecule has 20 heavy (non-hydrogen) atoms. The fraction of sp³-hybridized carbons (Fsp3) is 0.400. The van der Waals surface area contributed by atoms with Gasteiger partial charge in [0.1, 0.15) is 0 Å². The average Bonchev–Trinajstić information content (AvgIpc) is 3.18. The van der Waals surface area contributed by atoms with Crippen LogP contribution in [0.15, 0.2) is 24.3 Å². The van der Waals surface area contributed by atoms with Gasteiger partial charge in [-0.3, -0.25) is 4.79 Å². The standard InChI is InChI=1S/C15H17Cl2NO2/c16-12-2-3-13(17)11(9-12)1-4-14(20)18-10-15(5-6-15)7-8-19/h1-4,9,19H,5-8,10H2,(H,18,20)/b4-1+. The molecule has 0 aromatic heterocycles. The van der Waals surface area contributed by atoms with Crippen LogP contribution in [0.25, 0.3) is 6.08 Å². The Morgan fingerprint density at radius 3 is 2.80 bits per heavy atom. The van der Waals surface area contributed by atoms with Gasteiger partial charge in [-0.05, 0) is 54.5 Å². The van der Waals surface area contributed by atoms with Crippen molar-refractivity contribution >= 4 is 35.2 Å². The Labute approximate surface area is 128 Å². The quantitative estimate of drug-likeness (QED) is 0.792. The van der Waals surface area contributed by atoms with Gasteiger partial charge >= 0.3 is 0 Å². The maximum Gasteiger partial charge on any atom is 0.244 e. The SMILES string of the molecule is O=C(/C=C/c1cc(Cl)ccc1Cl)NCC1(CCO)CC1. The third-order valence-corrected chi connectivity index (χ3v) is 4.19. The Kier molecular flexibility index (Phi) is 5.08. The van der Waals surface area contributed by atoms with Crippen molar-refractivity contribution in [1.82, 2.24) is 5.32 Å². The predicted molar refractivity (Wildman–Crippen MR) is 81.9 cm³/mol. The lowest BCUT2D eigenvalue weighted by Crippen LogP contribution is -2.29. The number of aliphatic hydroxyl groups is 1. The van der Waals surface area contributed by atoms with Crippen molar-refractivity contribution in [3.8, 4) is 0 Å². The molecule has 1 aromatic carbocycles. The molecule has 1 fully saturated rings. The Bertz CT molecular complexity index is 525. The van der Waals surface area contributed by atoms with E-state index in [-0.39, 0.29) is 17.9 Å². The molecule has 5 heteroatoms. The first-order valence-electron chi connectivity index (χ1n) is 6.56. The number of amides is 1. The van der Waals surface area contributed by atoms with E-state index >= 15 is 0 Å². The summed E-state index contributed by atoms with van der Waals surface area (Å²) in [5.41, 5.74) is 0.831. The normalized spacial score (nSPS) is 16.4. The summed E-state index contributed by atoms with van der Waals surface area (Å²) in [5, 5.41) is 13.0. The van der Waals surface area contributed by atoms with E-state index in [0.29, 0.717) is 22.2 Å². The first kappa shape index (κ1) is 15.4. The summed E-state index contributed by atoms with van der Waals surface area (Å²) in [6, 6.07) is 5.11. The minimum absolute atomic E-state index is 0.117. The smallest absolute Gasteiger partial charge is 0.244 e. The van der Waals surface area contributed by atoms with Crippen molar-refractivity contribution in [1.29, 1.82) is 0 Å². The number of nitrogens with one attached hydrogen (secondary N) is 1. The minimum Gasteiger partial charge on any atom is -0.396 e. The van der Waals surface area contributed by atoms with Crippen molar-refractivity contribution in [2.45, 2.75) is 19.3 Å². The summed E-state index contributed by atoms with van der Waals surface area (Å²) < 4.78 is 0. The molecular weight excluding hydrogens is 297 g/mol. The Morgan fingerprint density at radius 2 is 2.15 bits per heavy atom. The molecule has 108 valence electrons. The number of benzene rings is 1. The summed E-state index contributed by atoms with van der Waals surface area (Å²) in [6.45, 7) is 0.782. The van der Waals surface area contributed by atoms with Gasteiger partial charge in [0.25, 0.3) is 0 Å². The fourth-order valence-corrected chi connectivity index (χ4v) is 2.43. The van der Waals surface area contributed by atoms with Crippen molar-refractivity contribution < 1.29 is 9.90 Å². The predicted octanol–water partition coefficient (Wildman–Crippen LogP) is 3.29. The zero-order valence-corrected chi connectivity index (χ0v) is 12.5. The summed E-state index contributed by atoms with van der Waals surface area (Å²) in [5.74, 6) is -0.162. The topological polar surface area (TPSA) is 49.3 Å². The van der Waals surface area contributed by atoms with Gasteiger partial charge < -0.3 is 10.4 Å². The van der Waals surface area contributed by atoms with E-state index in [1.807, 2.05) is 0 Å². The molecule has 0 heterocycles. The van der Waals surface area contributed by atoms with Crippen molar-refractivity contribution in [3.05, 3.63) is 39.9 Å². The zero-order chi connectivity index (χ0) is 14.6. The van der Waals surface area contributed by atoms with Gasteiger partial charge in [-0.1, -0.05) is 23.2 Å². The van der Waals surface area contributed by atoms with Crippen LogP contribution in [0, 0.1) is 5.41 Å². The summed E-state index contributed by atoms with van der Waals surface area (Å²) in [4.78, 5) is 11.8. The van der Waals surface area contributed by atoms with Gasteiger partial charge in [0, 0.05) is 29.3 Å². The summed E-state index contributed by atoms with van der Waals surface area (Å²) >= 11 is 11.9. The van der Waals surface area contributed by atoms with Gasteiger partial charge in [0.05, 0.1) is 0 Å². The Balaban J connectivity index is 1.88. The molecule has 0 radical (unpaired) electrons. The second-order valence-corrected chi connectivity index (χ2v) is 6.03. The lowest BCUT2D eigenvalue weighted by atomic mass is 10.0. The van der Waals surface area contributed by atoms with E-state index in [2.05, 4.69) is 5.32 Å². The molecule has 0 aliphatic heterocycles. The van der Waals surface area contributed by atoms with Crippen LogP contribution in [0.5, 0.6) is 0 Å². The lowest BCUT2D eigenvalue weighted by molar-refractivity contribution is -0.116. The highest BCUT2D eigenvalue weighted by molar-refractivity contribution is 6.34. The molecule has 1 aliphatic rings. The molecule has 0 unspecified atom stereocenters. The lowest BCUT2D eigenvalue weighted by Gasteiger charge is -2.13. The van der Waals surface area contributed by atoms with Crippen LogP contribution in [0.4, 0.5) is 0 Å². The third-order valence-electron chi connectivity index (χ3n) is 3.61. The number of carbonyl (C=O) groups excluding carboxylic acids is 1. The zero-order valence-electron chi connectivity index (χ0n) is 11.0. The van der Waals surface area contributed by atoms with E-state index in [9.17, 15) is 4.79 Å². The van der Waals surface area contributed by atoms with E-state index in [0.717, 1.165) is 19.3 Å². The number of aliphatic hydroxyl groups excluding tert-OH is 1. The largest absolute Gasteiger partial charge is 0.396 e. The molecule has 1 amide bonds. The molecule has 1 aromatic rings. The fourth-order valence-electron chi connectivity index (χ4n) is 2.07. The number of halogens is 2. The molecule has 2 rings (SSSR count). The van der Waals surface area contributed by atoms with Crippen LogP contribution >= 0.6 is 23.2 Å². The van der Waals surface area contributed by atoms with E-state index in [4.69, 9.17) is 28.3 Å².